The van der Waals surface area contributed by atoms with Gasteiger partial charge in [-0.2, -0.15) is 0 Å². The minimum atomic E-state index is -0.521. The Morgan fingerprint density at radius 2 is 1.96 bits per heavy atom. The van der Waals surface area contributed by atoms with Crippen LogP contribution in [0.3, 0.4) is 0 Å². The van der Waals surface area contributed by atoms with Gasteiger partial charge >= 0.3 is 6.03 Å². The van der Waals surface area contributed by atoms with Crippen molar-refractivity contribution in [1.29, 1.82) is 0 Å². The summed E-state index contributed by atoms with van der Waals surface area (Å²) in [6, 6.07) is 14.1. The molecule has 2 aromatic rings. The van der Waals surface area contributed by atoms with E-state index in [-0.39, 0.29) is 18.7 Å². The van der Waals surface area contributed by atoms with Crippen LogP contribution in [0.5, 0.6) is 0 Å². The van der Waals surface area contributed by atoms with Crippen LogP contribution in [0.15, 0.2) is 42.5 Å². The predicted molar refractivity (Wildman–Crippen MR) is 92.2 cm³/mol. The first-order valence-corrected chi connectivity index (χ1v) is 8.20. The Balaban J connectivity index is 1.67. The maximum atomic E-state index is 12.3. The van der Waals surface area contributed by atoms with Crippen LogP contribution in [-0.4, -0.2) is 23.3 Å². The third kappa shape index (κ3) is 3.48. The monoisotopic (exact) mass is 312 g/mol. The molecule has 0 heterocycles. The number of benzene rings is 2. The van der Waals surface area contributed by atoms with E-state index < -0.39 is 5.54 Å². The number of hydrogen-bond donors (Lipinski definition) is 3. The lowest BCUT2D eigenvalue weighted by molar-refractivity contribution is 0.154. The van der Waals surface area contributed by atoms with Crippen LogP contribution in [0.2, 0.25) is 0 Å². The van der Waals surface area contributed by atoms with Crippen molar-refractivity contribution >= 4 is 16.8 Å². The van der Waals surface area contributed by atoms with Crippen molar-refractivity contribution in [2.75, 3.05) is 6.61 Å². The first kappa shape index (κ1) is 15.8. The highest BCUT2D eigenvalue weighted by Gasteiger charge is 2.42. The third-order valence-corrected chi connectivity index (χ3v) is 4.83. The molecule has 0 spiro atoms. The second-order valence-electron chi connectivity index (χ2n) is 6.78. The molecule has 0 aromatic heterocycles. The van der Waals surface area contributed by atoms with Gasteiger partial charge in [0.2, 0.25) is 0 Å². The summed E-state index contributed by atoms with van der Waals surface area (Å²) < 4.78 is 0. The van der Waals surface area contributed by atoms with Gasteiger partial charge < -0.3 is 15.7 Å². The molecule has 0 radical (unpaired) electrons. The molecule has 122 valence electrons. The number of carbonyl (C=O) groups excluding carboxylic acids is 1. The zero-order chi connectivity index (χ0) is 16.4. The molecule has 23 heavy (non-hydrogen) atoms. The van der Waals surface area contributed by atoms with Gasteiger partial charge in [0.25, 0.3) is 0 Å². The lowest BCUT2D eigenvalue weighted by atomic mass is 9.97. The molecule has 0 aliphatic heterocycles. The van der Waals surface area contributed by atoms with Crippen molar-refractivity contribution in [1.82, 2.24) is 10.6 Å². The highest BCUT2D eigenvalue weighted by molar-refractivity contribution is 5.83. The van der Waals surface area contributed by atoms with Crippen molar-refractivity contribution in [2.45, 2.75) is 38.3 Å². The highest BCUT2D eigenvalue weighted by atomic mass is 16.3. The average molecular weight is 312 g/mol. The summed E-state index contributed by atoms with van der Waals surface area (Å²) in [4.78, 5) is 12.3. The van der Waals surface area contributed by atoms with E-state index in [9.17, 15) is 9.90 Å². The van der Waals surface area contributed by atoms with E-state index in [0.29, 0.717) is 5.92 Å². The molecule has 2 aromatic carbocycles. The van der Waals surface area contributed by atoms with Gasteiger partial charge in [0.05, 0.1) is 18.2 Å². The second-order valence-corrected chi connectivity index (χ2v) is 6.78. The summed E-state index contributed by atoms with van der Waals surface area (Å²) in [5.41, 5.74) is 0.545. The Labute approximate surface area is 136 Å². The summed E-state index contributed by atoms with van der Waals surface area (Å²) in [5, 5.41) is 17.8. The normalized spacial score (nSPS) is 18.2. The number of nitrogens with one attached hydrogen (secondary N) is 2. The first-order chi connectivity index (χ1) is 11.0. The molecule has 2 atom stereocenters. The summed E-state index contributed by atoms with van der Waals surface area (Å²) in [6.07, 6.45) is 2.13. The van der Waals surface area contributed by atoms with Crippen LogP contribution >= 0.6 is 0 Å². The van der Waals surface area contributed by atoms with Gasteiger partial charge in [-0.05, 0) is 55.0 Å². The molecule has 1 saturated carbocycles. The van der Waals surface area contributed by atoms with E-state index >= 15 is 0 Å². The van der Waals surface area contributed by atoms with Crippen LogP contribution in [0.25, 0.3) is 10.8 Å². The summed E-state index contributed by atoms with van der Waals surface area (Å²) >= 11 is 0. The summed E-state index contributed by atoms with van der Waals surface area (Å²) in [5.74, 6) is 0.384. The molecule has 0 bridgehead atoms. The van der Waals surface area contributed by atoms with Gasteiger partial charge in [-0.15, -0.1) is 0 Å². The summed E-state index contributed by atoms with van der Waals surface area (Å²) in [7, 11) is 0. The molecule has 2 amide bonds. The maximum Gasteiger partial charge on any atom is 0.315 e. The molecule has 3 rings (SSSR count). The van der Waals surface area contributed by atoms with Crippen molar-refractivity contribution in [2.24, 2.45) is 5.92 Å². The van der Waals surface area contributed by atoms with Gasteiger partial charge in [-0.25, -0.2) is 4.79 Å². The molecule has 0 saturated heterocycles. The quantitative estimate of drug-likeness (QED) is 0.793. The van der Waals surface area contributed by atoms with Crippen LogP contribution in [-0.2, 0) is 0 Å². The van der Waals surface area contributed by atoms with Crippen molar-refractivity contribution < 1.29 is 9.90 Å². The number of fused-ring (bicyclic) bond motifs is 1. The van der Waals surface area contributed by atoms with Crippen molar-refractivity contribution in [3.05, 3.63) is 48.0 Å². The van der Waals surface area contributed by atoms with E-state index in [4.69, 9.17) is 0 Å². The molecule has 1 aliphatic carbocycles. The number of aliphatic hydroxyl groups excluding tert-OH is 1. The number of amides is 2. The molecule has 4 nitrogen and oxygen atoms in total. The minimum absolute atomic E-state index is 0.0323. The SMILES string of the molecule is CC(NC(=O)NC(C)(CO)C1CC1)c1ccc2ccccc2c1. The van der Waals surface area contributed by atoms with Crippen molar-refractivity contribution in [3.8, 4) is 0 Å². The number of rotatable bonds is 5. The average Bonchev–Trinajstić information content (AvgIpc) is 3.39. The van der Waals surface area contributed by atoms with E-state index in [1.165, 1.54) is 5.39 Å². The van der Waals surface area contributed by atoms with Gasteiger partial charge in [0, 0.05) is 0 Å². The zero-order valence-corrected chi connectivity index (χ0v) is 13.7. The Hall–Kier alpha value is -2.07. The topological polar surface area (TPSA) is 61.4 Å². The smallest absolute Gasteiger partial charge is 0.315 e. The Morgan fingerprint density at radius 1 is 1.26 bits per heavy atom. The molecule has 4 heteroatoms. The largest absolute Gasteiger partial charge is 0.394 e. The molecule has 2 unspecified atom stereocenters. The van der Waals surface area contributed by atoms with Gasteiger partial charge in [0.15, 0.2) is 0 Å². The molecule has 3 N–H and O–H groups in total. The number of hydrogen-bond acceptors (Lipinski definition) is 2. The van der Waals surface area contributed by atoms with Crippen LogP contribution < -0.4 is 10.6 Å². The van der Waals surface area contributed by atoms with E-state index in [2.05, 4.69) is 34.9 Å². The number of urea groups is 1. The standard InChI is InChI=1S/C19H24N2O2/c1-13(15-8-7-14-5-3-4-6-16(14)11-15)20-18(23)21-19(2,12-22)17-9-10-17/h3-8,11,13,17,22H,9-10,12H2,1-2H3,(H2,20,21,23). The molecular formula is C19H24N2O2. The second kappa shape index (κ2) is 6.20. The lowest BCUT2D eigenvalue weighted by Crippen LogP contribution is -2.54. The molecule has 1 aliphatic rings. The van der Waals surface area contributed by atoms with E-state index in [0.717, 1.165) is 23.8 Å². The van der Waals surface area contributed by atoms with Gasteiger partial charge in [0.1, 0.15) is 0 Å². The number of aliphatic hydroxyl groups is 1. The number of carbonyl (C=O) groups is 1. The fourth-order valence-electron chi connectivity index (χ4n) is 3.04. The van der Waals surface area contributed by atoms with E-state index in [1.807, 2.05) is 32.0 Å². The van der Waals surface area contributed by atoms with E-state index in [1.54, 1.807) is 0 Å². The molecule has 1 fully saturated rings. The maximum absolute atomic E-state index is 12.3. The fourth-order valence-corrected chi connectivity index (χ4v) is 3.04. The van der Waals surface area contributed by atoms with Crippen LogP contribution in [0.4, 0.5) is 4.79 Å². The summed E-state index contributed by atoms with van der Waals surface area (Å²) in [6.45, 7) is 3.84. The lowest BCUT2D eigenvalue weighted by Gasteiger charge is -2.29. The Morgan fingerprint density at radius 3 is 2.61 bits per heavy atom. The zero-order valence-electron chi connectivity index (χ0n) is 13.7. The van der Waals surface area contributed by atoms with Crippen LogP contribution in [0.1, 0.15) is 38.3 Å². The predicted octanol–water partition coefficient (Wildman–Crippen LogP) is 3.36. The Kier molecular flexibility index (Phi) is 4.26. The van der Waals surface area contributed by atoms with Crippen LogP contribution in [0, 0.1) is 5.92 Å². The first-order valence-electron chi connectivity index (χ1n) is 8.20. The third-order valence-electron chi connectivity index (χ3n) is 4.83. The van der Waals surface area contributed by atoms with Gasteiger partial charge in [-0.1, -0.05) is 36.4 Å². The van der Waals surface area contributed by atoms with Gasteiger partial charge in [-0.3, -0.25) is 0 Å². The minimum Gasteiger partial charge on any atom is -0.394 e. The highest BCUT2D eigenvalue weighted by Crippen LogP contribution is 2.39. The fraction of sp³-hybridized carbons (Fsp3) is 0.421. The molecular weight excluding hydrogens is 288 g/mol. The van der Waals surface area contributed by atoms with Crippen molar-refractivity contribution in [3.63, 3.8) is 0 Å². The Bertz CT molecular complexity index is 711.